The third kappa shape index (κ3) is 10.3. The molecule has 0 radical (unpaired) electrons. The van der Waals surface area contributed by atoms with E-state index in [9.17, 15) is 4.39 Å². The summed E-state index contributed by atoms with van der Waals surface area (Å²) < 4.78 is 19.9. The number of benzene rings is 2. The number of halogens is 4. The first kappa shape index (κ1) is 26.1. The predicted molar refractivity (Wildman–Crippen MR) is 116 cm³/mol. The van der Waals surface area contributed by atoms with Crippen LogP contribution in [0.25, 0.3) is 0 Å². The van der Waals surface area contributed by atoms with Crippen LogP contribution in [0, 0.1) is 5.82 Å². The van der Waals surface area contributed by atoms with E-state index in [2.05, 4.69) is 26.6 Å². The Kier molecular flexibility index (Phi) is 14.6. The Labute approximate surface area is 180 Å². The number of rotatable bonds is 11. The van der Waals surface area contributed by atoms with Gasteiger partial charge in [0.15, 0.2) is 0 Å². The molecule has 2 aromatic carbocycles. The van der Waals surface area contributed by atoms with Gasteiger partial charge >= 0.3 is 0 Å². The zero-order valence-electron chi connectivity index (χ0n) is 14.9. The van der Waals surface area contributed by atoms with Crippen molar-refractivity contribution >= 4 is 40.7 Å². The van der Waals surface area contributed by atoms with Gasteiger partial charge in [0.25, 0.3) is 0 Å². The van der Waals surface area contributed by atoms with Crippen LogP contribution in [0.4, 0.5) is 4.39 Å². The average Bonchev–Trinajstić information content (AvgIpc) is 2.61. The van der Waals surface area contributed by atoms with E-state index < -0.39 is 0 Å². The van der Waals surface area contributed by atoms with Crippen LogP contribution in [-0.4, -0.2) is 31.3 Å². The fraction of sp³-hybridized carbons (Fsp3) is 0.368. The molecular formula is C19H26BrCl2FN2O2. The molecule has 8 heteroatoms. The first-order chi connectivity index (χ1) is 12.2. The summed E-state index contributed by atoms with van der Waals surface area (Å²) in [6.07, 6.45) is 0.986. The topological polar surface area (TPSA) is 53.5 Å². The van der Waals surface area contributed by atoms with E-state index in [0.29, 0.717) is 19.7 Å². The van der Waals surface area contributed by atoms with Gasteiger partial charge in [-0.1, -0.05) is 28.1 Å². The van der Waals surface area contributed by atoms with E-state index in [-0.39, 0.29) is 37.2 Å². The van der Waals surface area contributed by atoms with Gasteiger partial charge in [-0.15, -0.1) is 24.8 Å². The smallest absolute Gasteiger partial charge is 0.124 e. The van der Waals surface area contributed by atoms with Gasteiger partial charge in [0.05, 0.1) is 6.61 Å². The molecule has 0 aliphatic carbocycles. The van der Waals surface area contributed by atoms with Crippen LogP contribution in [-0.2, 0) is 13.2 Å². The van der Waals surface area contributed by atoms with Gasteiger partial charge in [-0.2, -0.15) is 0 Å². The maximum atomic E-state index is 13.0. The molecule has 0 fully saturated rings. The van der Waals surface area contributed by atoms with Gasteiger partial charge in [-0.25, -0.2) is 4.39 Å². The third-order valence-electron chi connectivity index (χ3n) is 3.64. The summed E-state index contributed by atoms with van der Waals surface area (Å²) >= 11 is 3.49. The van der Waals surface area contributed by atoms with Crippen molar-refractivity contribution in [2.45, 2.75) is 19.6 Å². The van der Waals surface area contributed by atoms with Crippen molar-refractivity contribution in [3.05, 3.63) is 63.9 Å². The maximum absolute atomic E-state index is 13.0. The highest BCUT2D eigenvalue weighted by atomic mass is 79.9. The second-order valence-corrected chi connectivity index (χ2v) is 6.59. The van der Waals surface area contributed by atoms with E-state index in [4.69, 9.17) is 9.84 Å². The van der Waals surface area contributed by atoms with Crippen LogP contribution >= 0.6 is 40.7 Å². The Morgan fingerprint density at radius 1 is 0.963 bits per heavy atom. The molecule has 3 N–H and O–H groups in total. The molecular weight excluding hydrogens is 458 g/mol. The van der Waals surface area contributed by atoms with E-state index in [0.717, 1.165) is 40.9 Å². The summed E-state index contributed by atoms with van der Waals surface area (Å²) in [4.78, 5) is 0. The number of ether oxygens (including phenoxy) is 1. The molecule has 0 aliphatic heterocycles. The normalized spacial score (nSPS) is 10.0. The highest BCUT2D eigenvalue weighted by Crippen LogP contribution is 2.24. The molecule has 4 nitrogen and oxygen atoms in total. The van der Waals surface area contributed by atoms with Crippen LogP contribution < -0.4 is 15.4 Å². The van der Waals surface area contributed by atoms with Crippen molar-refractivity contribution in [2.75, 3.05) is 26.2 Å². The molecule has 0 aromatic heterocycles. The molecule has 0 amide bonds. The van der Waals surface area contributed by atoms with Gasteiger partial charge < -0.3 is 20.5 Å². The molecule has 0 saturated heterocycles. The number of aliphatic hydroxyl groups is 1. The Balaban J connectivity index is 0.00000338. The largest absolute Gasteiger partial charge is 0.489 e. The second kappa shape index (κ2) is 15.1. The van der Waals surface area contributed by atoms with Crippen LogP contribution in [0.3, 0.4) is 0 Å². The molecule has 0 bridgehead atoms. The first-order valence-electron chi connectivity index (χ1n) is 8.37. The van der Waals surface area contributed by atoms with Crippen LogP contribution in [0.2, 0.25) is 0 Å². The fourth-order valence-electron chi connectivity index (χ4n) is 2.33. The zero-order chi connectivity index (χ0) is 17.9. The second-order valence-electron chi connectivity index (χ2n) is 5.67. The molecule has 0 atom stereocenters. The fourth-order valence-corrected chi connectivity index (χ4v) is 2.74. The standard InChI is InChI=1S/C19H24BrFN2O2.2ClH/c20-17-4-7-19(25-14-15-2-5-18(21)6-3-15)16(12-17)13-23-9-1-8-22-10-11-24;;/h2-7,12,22-24H,1,8-11,13-14H2;2*1H. The Morgan fingerprint density at radius 3 is 2.37 bits per heavy atom. The quantitative estimate of drug-likeness (QED) is 0.421. The Hall–Kier alpha value is -0.890. The molecule has 2 rings (SSSR count). The van der Waals surface area contributed by atoms with Gasteiger partial charge in [0, 0.05) is 23.1 Å². The van der Waals surface area contributed by atoms with Gasteiger partial charge in [0.2, 0.25) is 0 Å². The van der Waals surface area contributed by atoms with E-state index in [1.165, 1.54) is 12.1 Å². The molecule has 152 valence electrons. The SMILES string of the molecule is Cl.Cl.OCCNCCCNCc1cc(Br)ccc1OCc1ccc(F)cc1. The third-order valence-corrected chi connectivity index (χ3v) is 4.13. The van der Waals surface area contributed by atoms with Crippen LogP contribution in [0.1, 0.15) is 17.5 Å². The molecule has 0 unspecified atom stereocenters. The summed E-state index contributed by atoms with van der Waals surface area (Å²) in [5, 5.41) is 15.3. The molecule has 0 aliphatic rings. The summed E-state index contributed by atoms with van der Waals surface area (Å²) in [5.74, 6) is 0.573. The van der Waals surface area contributed by atoms with E-state index in [1.807, 2.05) is 18.2 Å². The lowest BCUT2D eigenvalue weighted by molar-refractivity contribution is 0.292. The van der Waals surface area contributed by atoms with Crippen molar-refractivity contribution in [1.82, 2.24) is 10.6 Å². The molecule has 0 saturated carbocycles. The van der Waals surface area contributed by atoms with Crippen molar-refractivity contribution < 1.29 is 14.2 Å². The Morgan fingerprint density at radius 2 is 1.67 bits per heavy atom. The number of hydrogen-bond acceptors (Lipinski definition) is 4. The summed E-state index contributed by atoms with van der Waals surface area (Å²) in [6.45, 7) is 3.66. The van der Waals surface area contributed by atoms with Gasteiger partial charge in [-0.3, -0.25) is 0 Å². The minimum atomic E-state index is -0.245. The average molecular weight is 484 g/mol. The predicted octanol–water partition coefficient (Wildman–Crippen LogP) is 4.07. The first-order valence-corrected chi connectivity index (χ1v) is 9.16. The minimum Gasteiger partial charge on any atom is -0.489 e. The molecule has 0 heterocycles. The highest BCUT2D eigenvalue weighted by Gasteiger charge is 2.05. The van der Waals surface area contributed by atoms with Crippen molar-refractivity contribution in [1.29, 1.82) is 0 Å². The zero-order valence-corrected chi connectivity index (χ0v) is 18.1. The summed E-state index contributed by atoms with van der Waals surface area (Å²) in [5.41, 5.74) is 2.00. The lowest BCUT2D eigenvalue weighted by atomic mass is 10.2. The summed E-state index contributed by atoms with van der Waals surface area (Å²) in [7, 11) is 0. The van der Waals surface area contributed by atoms with Gasteiger partial charge in [0.1, 0.15) is 18.2 Å². The van der Waals surface area contributed by atoms with E-state index in [1.54, 1.807) is 12.1 Å². The number of aliphatic hydroxyl groups excluding tert-OH is 1. The van der Waals surface area contributed by atoms with Crippen molar-refractivity contribution in [3.8, 4) is 5.75 Å². The van der Waals surface area contributed by atoms with Crippen LogP contribution in [0.15, 0.2) is 46.9 Å². The monoisotopic (exact) mass is 482 g/mol. The molecule has 2 aromatic rings. The van der Waals surface area contributed by atoms with Crippen LogP contribution in [0.5, 0.6) is 5.75 Å². The highest BCUT2D eigenvalue weighted by molar-refractivity contribution is 9.10. The molecule has 27 heavy (non-hydrogen) atoms. The van der Waals surface area contributed by atoms with Gasteiger partial charge in [-0.05, 0) is 55.4 Å². The Bertz CT molecular complexity index is 648. The van der Waals surface area contributed by atoms with E-state index >= 15 is 0 Å². The maximum Gasteiger partial charge on any atom is 0.124 e. The lowest BCUT2D eigenvalue weighted by Crippen LogP contribution is -2.24. The minimum absolute atomic E-state index is 0. The number of nitrogens with one attached hydrogen (secondary N) is 2. The summed E-state index contributed by atoms with van der Waals surface area (Å²) in [6, 6.07) is 12.3. The molecule has 0 spiro atoms. The number of hydrogen-bond donors (Lipinski definition) is 3. The van der Waals surface area contributed by atoms with Crippen molar-refractivity contribution in [2.24, 2.45) is 0 Å². The lowest BCUT2D eigenvalue weighted by Gasteiger charge is -2.13. The van der Waals surface area contributed by atoms with Crippen molar-refractivity contribution in [3.63, 3.8) is 0 Å².